The van der Waals surface area contributed by atoms with Gasteiger partial charge in [0, 0.05) is 37.6 Å². The van der Waals surface area contributed by atoms with Crippen LogP contribution in [0.25, 0.3) is 10.6 Å². The van der Waals surface area contributed by atoms with Crippen LogP contribution in [0.15, 0.2) is 6.20 Å². The zero-order valence-electron chi connectivity index (χ0n) is 10.2. The SMILES string of the molecule is CCc1nn(C)cc1-c1nc2c(s1)CNCC2. The second-order valence-corrected chi connectivity index (χ2v) is 5.42. The van der Waals surface area contributed by atoms with Crippen molar-refractivity contribution in [3.05, 3.63) is 22.5 Å². The first-order valence-corrected chi connectivity index (χ1v) is 6.81. The van der Waals surface area contributed by atoms with E-state index in [9.17, 15) is 0 Å². The fourth-order valence-corrected chi connectivity index (χ4v) is 3.32. The first kappa shape index (κ1) is 10.9. The maximum absolute atomic E-state index is 4.77. The molecule has 0 unspecified atom stereocenters. The van der Waals surface area contributed by atoms with Crippen LogP contribution in [-0.2, 0) is 26.4 Å². The maximum atomic E-state index is 4.77. The second kappa shape index (κ2) is 4.23. The van der Waals surface area contributed by atoms with E-state index in [1.807, 2.05) is 11.7 Å². The van der Waals surface area contributed by atoms with Gasteiger partial charge in [0.05, 0.1) is 17.0 Å². The van der Waals surface area contributed by atoms with Crippen LogP contribution in [0.1, 0.15) is 23.2 Å². The fourth-order valence-electron chi connectivity index (χ4n) is 2.21. The Morgan fingerprint density at radius 3 is 3.18 bits per heavy atom. The van der Waals surface area contributed by atoms with Crippen molar-refractivity contribution in [3.8, 4) is 10.6 Å². The summed E-state index contributed by atoms with van der Waals surface area (Å²) in [4.78, 5) is 6.15. The quantitative estimate of drug-likeness (QED) is 0.880. The molecule has 1 aliphatic rings. The lowest BCUT2D eigenvalue weighted by molar-refractivity contribution is 0.644. The molecule has 5 heteroatoms. The Morgan fingerprint density at radius 1 is 1.53 bits per heavy atom. The zero-order valence-corrected chi connectivity index (χ0v) is 11.0. The van der Waals surface area contributed by atoms with Crippen molar-refractivity contribution in [3.63, 3.8) is 0 Å². The van der Waals surface area contributed by atoms with Crippen LogP contribution in [0.4, 0.5) is 0 Å². The van der Waals surface area contributed by atoms with Crippen molar-refractivity contribution in [2.45, 2.75) is 26.3 Å². The summed E-state index contributed by atoms with van der Waals surface area (Å²) in [6, 6.07) is 0. The van der Waals surface area contributed by atoms with Crippen molar-refractivity contribution in [1.82, 2.24) is 20.1 Å². The number of nitrogens with zero attached hydrogens (tertiary/aromatic N) is 3. The summed E-state index contributed by atoms with van der Waals surface area (Å²) < 4.78 is 1.88. The normalized spacial score (nSPS) is 14.9. The second-order valence-electron chi connectivity index (χ2n) is 4.33. The van der Waals surface area contributed by atoms with Crippen LogP contribution in [0.2, 0.25) is 0 Å². The van der Waals surface area contributed by atoms with Gasteiger partial charge in [0.25, 0.3) is 0 Å². The van der Waals surface area contributed by atoms with E-state index in [2.05, 4.69) is 23.5 Å². The van der Waals surface area contributed by atoms with Crippen molar-refractivity contribution >= 4 is 11.3 Å². The highest BCUT2D eigenvalue weighted by atomic mass is 32.1. The molecule has 0 amide bonds. The minimum atomic E-state index is 0.957. The van der Waals surface area contributed by atoms with Crippen molar-refractivity contribution in [2.75, 3.05) is 6.54 Å². The zero-order chi connectivity index (χ0) is 11.8. The monoisotopic (exact) mass is 248 g/mol. The Bertz CT molecular complexity index is 517. The van der Waals surface area contributed by atoms with E-state index in [0.717, 1.165) is 36.6 Å². The molecule has 0 bridgehead atoms. The molecule has 3 heterocycles. The van der Waals surface area contributed by atoms with Crippen molar-refractivity contribution < 1.29 is 0 Å². The highest BCUT2D eigenvalue weighted by molar-refractivity contribution is 7.15. The summed E-state index contributed by atoms with van der Waals surface area (Å²) in [6.45, 7) is 4.15. The molecule has 2 aromatic rings. The molecule has 17 heavy (non-hydrogen) atoms. The molecule has 90 valence electrons. The van der Waals surface area contributed by atoms with Gasteiger partial charge >= 0.3 is 0 Å². The topological polar surface area (TPSA) is 42.7 Å². The molecule has 4 nitrogen and oxygen atoms in total. The number of hydrogen-bond acceptors (Lipinski definition) is 4. The Kier molecular flexibility index (Phi) is 2.72. The molecule has 1 aliphatic heterocycles. The summed E-state index contributed by atoms with van der Waals surface area (Å²) >= 11 is 1.80. The summed E-state index contributed by atoms with van der Waals surface area (Å²) in [5.41, 5.74) is 3.62. The first-order valence-electron chi connectivity index (χ1n) is 6.00. The van der Waals surface area contributed by atoms with Gasteiger partial charge in [-0.1, -0.05) is 6.92 Å². The Morgan fingerprint density at radius 2 is 2.41 bits per heavy atom. The van der Waals surface area contributed by atoms with Crippen molar-refractivity contribution in [2.24, 2.45) is 7.05 Å². The van der Waals surface area contributed by atoms with E-state index in [1.54, 1.807) is 11.3 Å². The average molecular weight is 248 g/mol. The molecule has 0 aliphatic carbocycles. The molecule has 0 saturated heterocycles. The lowest BCUT2D eigenvalue weighted by Gasteiger charge is -2.09. The van der Waals surface area contributed by atoms with Crippen LogP contribution in [0, 0.1) is 0 Å². The number of fused-ring (bicyclic) bond motifs is 1. The van der Waals surface area contributed by atoms with E-state index in [1.165, 1.54) is 16.1 Å². The standard InChI is InChI=1S/C12H16N4S/c1-3-9-8(7-16(2)15-9)12-14-10-4-5-13-6-11(10)17-12/h7,13H,3-6H2,1-2H3. The third kappa shape index (κ3) is 1.89. The van der Waals surface area contributed by atoms with Gasteiger partial charge in [-0.2, -0.15) is 5.10 Å². The molecule has 2 aromatic heterocycles. The third-order valence-corrected chi connectivity index (χ3v) is 4.20. The molecule has 0 radical (unpaired) electrons. The number of hydrogen-bond donors (Lipinski definition) is 1. The first-order chi connectivity index (χ1) is 8.28. The Hall–Kier alpha value is -1.20. The fraction of sp³-hybridized carbons (Fsp3) is 0.500. The van der Waals surface area contributed by atoms with Crippen LogP contribution >= 0.6 is 11.3 Å². The summed E-state index contributed by atoms with van der Waals surface area (Å²) in [6.07, 6.45) is 4.09. The predicted molar refractivity (Wildman–Crippen MR) is 69.1 cm³/mol. The number of aromatic nitrogens is 3. The molecule has 0 fully saturated rings. The summed E-state index contributed by atoms with van der Waals surface area (Å²) in [7, 11) is 1.97. The minimum absolute atomic E-state index is 0.957. The van der Waals surface area contributed by atoms with Gasteiger partial charge in [-0.25, -0.2) is 4.98 Å². The smallest absolute Gasteiger partial charge is 0.127 e. The third-order valence-electron chi connectivity index (χ3n) is 3.07. The van der Waals surface area contributed by atoms with Crippen LogP contribution in [0.3, 0.4) is 0 Å². The summed E-state index contributed by atoms with van der Waals surface area (Å²) in [5.74, 6) is 0. The van der Waals surface area contributed by atoms with E-state index in [-0.39, 0.29) is 0 Å². The van der Waals surface area contributed by atoms with Crippen LogP contribution in [0.5, 0.6) is 0 Å². The van der Waals surface area contributed by atoms with Crippen LogP contribution in [-0.4, -0.2) is 21.3 Å². The number of thiazole rings is 1. The van der Waals surface area contributed by atoms with Gasteiger partial charge in [-0.3, -0.25) is 4.68 Å². The Labute approximate surface area is 105 Å². The molecule has 0 saturated carbocycles. The van der Waals surface area contributed by atoms with E-state index in [0.29, 0.717) is 0 Å². The van der Waals surface area contributed by atoms with Gasteiger partial charge in [0.2, 0.25) is 0 Å². The van der Waals surface area contributed by atoms with E-state index < -0.39 is 0 Å². The van der Waals surface area contributed by atoms with E-state index >= 15 is 0 Å². The summed E-state index contributed by atoms with van der Waals surface area (Å²) in [5, 5.41) is 9.00. The number of nitrogens with one attached hydrogen (secondary N) is 1. The van der Waals surface area contributed by atoms with Gasteiger partial charge in [-0.15, -0.1) is 11.3 Å². The lowest BCUT2D eigenvalue weighted by atomic mass is 10.2. The number of aryl methyl sites for hydroxylation is 2. The maximum Gasteiger partial charge on any atom is 0.127 e. The Balaban J connectivity index is 2.05. The minimum Gasteiger partial charge on any atom is -0.311 e. The van der Waals surface area contributed by atoms with Gasteiger partial charge in [-0.05, 0) is 6.42 Å². The highest BCUT2D eigenvalue weighted by Gasteiger charge is 2.18. The average Bonchev–Trinajstić information content (AvgIpc) is 2.91. The van der Waals surface area contributed by atoms with Gasteiger partial charge < -0.3 is 5.32 Å². The van der Waals surface area contributed by atoms with Crippen LogP contribution < -0.4 is 5.32 Å². The van der Waals surface area contributed by atoms with Gasteiger partial charge in [0.15, 0.2) is 0 Å². The molecule has 1 N–H and O–H groups in total. The molecule has 3 rings (SSSR count). The molecular formula is C12H16N4S. The largest absolute Gasteiger partial charge is 0.311 e. The number of rotatable bonds is 2. The van der Waals surface area contributed by atoms with Crippen molar-refractivity contribution in [1.29, 1.82) is 0 Å². The molecule has 0 spiro atoms. The molecule has 0 aromatic carbocycles. The predicted octanol–water partition coefficient (Wildman–Crippen LogP) is 1.75. The van der Waals surface area contributed by atoms with E-state index in [4.69, 9.17) is 4.98 Å². The van der Waals surface area contributed by atoms with Gasteiger partial charge in [0.1, 0.15) is 5.01 Å². The molecular weight excluding hydrogens is 232 g/mol. The lowest BCUT2D eigenvalue weighted by Crippen LogP contribution is -2.22. The highest BCUT2D eigenvalue weighted by Crippen LogP contribution is 2.31. The molecule has 0 atom stereocenters.